The van der Waals surface area contributed by atoms with Gasteiger partial charge in [-0.25, -0.2) is 0 Å². The van der Waals surface area contributed by atoms with Crippen LogP contribution in [0.5, 0.6) is 0 Å². The minimum absolute atomic E-state index is 0. The van der Waals surface area contributed by atoms with E-state index in [9.17, 15) is 9.59 Å². The average Bonchev–Trinajstić information content (AvgIpc) is 2.48. The number of hydrogen-bond acceptors (Lipinski definition) is 3. The van der Waals surface area contributed by atoms with Crippen LogP contribution < -0.4 is 11.1 Å². The fourth-order valence-electron chi connectivity index (χ4n) is 2.30. The lowest BCUT2D eigenvalue weighted by molar-refractivity contribution is -0.137. The molecule has 0 saturated carbocycles. The van der Waals surface area contributed by atoms with Crippen molar-refractivity contribution in [2.24, 2.45) is 5.73 Å². The lowest BCUT2D eigenvalue weighted by atomic mass is 10.1. The summed E-state index contributed by atoms with van der Waals surface area (Å²) in [5.41, 5.74) is 7.00. The number of nitrogens with zero attached hydrogens (tertiary/aromatic N) is 1. The smallest absolute Gasteiger partial charge is 0.239 e. The zero-order chi connectivity index (χ0) is 14.4. The molecule has 1 unspecified atom stereocenters. The van der Waals surface area contributed by atoms with Crippen molar-refractivity contribution in [3.8, 4) is 0 Å². The lowest BCUT2D eigenvalue weighted by Crippen LogP contribution is -2.44. The number of halogens is 1. The number of nitrogens with one attached hydrogen (secondary N) is 1. The third kappa shape index (κ3) is 5.36. The second-order valence-electron chi connectivity index (χ2n) is 5.09. The van der Waals surface area contributed by atoms with Crippen LogP contribution in [0, 0.1) is 0 Å². The average molecular weight is 312 g/mol. The molecule has 1 aromatic carbocycles. The first-order valence-corrected chi connectivity index (χ1v) is 7.02. The quantitative estimate of drug-likeness (QED) is 0.859. The molecule has 0 aromatic heterocycles. The zero-order valence-electron chi connectivity index (χ0n) is 12.0. The topological polar surface area (TPSA) is 75.4 Å². The van der Waals surface area contributed by atoms with E-state index in [0.717, 1.165) is 18.4 Å². The number of carbonyl (C=O) groups is 2. The molecule has 0 bridgehead atoms. The van der Waals surface area contributed by atoms with Gasteiger partial charge in [0.05, 0.1) is 6.54 Å². The molecule has 2 rings (SSSR count). The van der Waals surface area contributed by atoms with Crippen LogP contribution in [-0.4, -0.2) is 36.3 Å². The highest BCUT2D eigenvalue weighted by atomic mass is 35.5. The Bertz CT molecular complexity index is 467. The second-order valence-corrected chi connectivity index (χ2v) is 5.09. The molecule has 6 heteroatoms. The van der Waals surface area contributed by atoms with Gasteiger partial charge < -0.3 is 16.0 Å². The van der Waals surface area contributed by atoms with Gasteiger partial charge in [0.2, 0.25) is 11.8 Å². The van der Waals surface area contributed by atoms with Crippen LogP contribution in [-0.2, 0) is 9.59 Å². The Hall–Kier alpha value is -1.59. The van der Waals surface area contributed by atoms with Gasteiger partial charge in [-0.1, -0.05) is 30.3 Å². The molecule has 1 atom stereocenters. The zero-order valence-corrected chi connectivity index (χ0v) is 12.8. The van der Waals surface area contributed by atoms with Gasteiger partial charge in [-0.2, -0.15) is 0 Å². The summed E-state index contributed by atoms with van der Waals surface area (Å²) < 4.78 is 0. The Labute approximate surface area is 131 Å². The van der Waals surface area contributed by atoms with Gasteiger partial charge in [-0.05, 0) is 18.4 Å². The summed E-state index contributed by atoms with van der Waals surface area (Å²) in [6.07, 6.45) is 2.45. The molecule has 1 saturated heterocycles. The monoisotopic (exact) mass is 311 g/mol. The molecule has 116 valence electrons. The SMILES string of the molecule is Cl.NC(CNC(=O)CN1CCCCC1=O)c1ccccc1. The predicted molar refractivity (Wildman–Crippen MR) is 84.1 cm³/mol. The maximum Gasteiger partial charge on any atom is 0.239 e. The van der Waals surface area contributed by atoms with Crippen LogP contribution in [0.15, 0.2) is 30.3 Å². The first-order chi connectivity index (χ1) is 9.66. The van der Waals surface area contributed by atoms with Crippen molar-refractivity contribution in [1.82, 2.24) is 10.2 Å². The van der Waals surface area contributed by atoms with Gasteiger partial charge in [-0.15, -0.1) is 12.4 Å². The van der Waals surface area contributed by atoms with Gasteiger partial charge in [0, 0.05) is 25.6 Å². The van der Waals surface area contributed by atoms with E-state index in [0.29, 0.717) is 19.5 Å². The first kappa shape index (κ1) is 17.5. The van der Waals surface area contributed by atoms with E-state index in [1.165, 1.54) is 0 Å². The summed E-state index contributed by atoms with van der Waals surface area (Å²) >= 11 is 0. The van der Waals surface area contributed by atoms with Crippen LogP contribution in [0.3, 0.4) is 0 Å². The number of carbonyl (C=O) groups excluding carboxylic acids is 2. The van der Waals surface area contributed by atoms with Gasteiger partial charge >= 0.3 is 0 Å². The number of piperidine rings is 1. The summed E-state index contributed by atoms with van der Waals surface area (Å²) in [7, 11) is 0. The maximum atomic E-state index is 11.8. The second kappa shape index (κ2) is 8.64. The van der Waals surface area contributed by atoms with Crippen molar-refractivity contribution in [3.63, 3.8) is 0 Å². The molecule has 3 N–H and O–H groups in total. The molecule has 1 aromatic rings. The molecule has 1 fully saturated rings. The van der Waals surface area contributed by atoms with E-state index >= 15 is 0 Å². The van der Waals surface area contributed by atoms with Gasteiger partial charge in [-0.3, -0.25) is 9.59 Å². The molecular weight excluding hydrogens is 290 g/mol. The van der Waals surface area contributed by atoms with E-state index in [1.807, 2.05) is 30.3 Å². The van der Waals surface area contributed by atoms with Crippen molar-refractivity contribution in [2.75, 3.05) is 19.6 Å². The maximum absolute atomic E-state index is 11.8. The Morgan fingerprint density at radius 1 is 1.29 bits per heavy atom. The van der Waals surface area contributed by atoms with Crippen LogP contribution in [0.25, 0.3) is 0 Å². The summed E-state index contributed by atoms with van der Waals surface area (Å²) in [5.74, 6) is -0.0783. The van der Waals surface area contributed by atoms with Crippen LogP contribution in [0.4, 0.5) is 0 Å². The van der Waals surface area contributed by atoms with Crippen molar-refractivity contribution in [3.05, 3.63) is 35.9 Å². The molecule has 0 spiro atoms. The fourth-order valence-corrected chi connectivity index (χ4v) is 2.30. The number of likely N-dealkylation sites (tertiary alicyclic amines) is 1. The predicted octanol–water partition coefficient (Wildman–Crippen LogP) is 1.24. The first-order valence-electron chi connectivity index (χ1n) is 7.02. The Balaban J connectivity index is 0.00000220. The summed E-state index contributed by atoms with van der Waals surface area (Å²) in [6, 6.07) is 9.41. The van der Waals surface area contributed by atoms with E-state index in [2.05, 4.69) is 5.32 Å². The molecular formula is C15H22ClN3O2. The molecule has 2 amide bonds. The van der Waals surface area contributed by atoms with Gasteiger partial charge in [0.25, 0.3) is 0 Å². The molecule has 1 heterocycles. The third-order valence-electron chi connectivity index (χ3n) is 3.50. The number of amides is 2. The number of nitrogens with two attached hydrogens (primary N) is 1. The molecule has 5 nitrogen and oxygen atoms in total. The number of benzene rings is 1. The molecule has 1 aliphatic rings. The lowest BCUT2D eigenvalue weighted by Gasteiger charge is -2.26. The summed E-state index contributed by atoms with van der Waals surface area (Å²) in [6.45, 7) is 1.20. The van der Waals surface area contributed by atoms with E-state index in [-0.39, 0.29) is 36.8 Å². The normalized spacial score (nSPS) is 16.0. The Morgan fingerprint density at radius 2 is 2.00 bits per heavy atom. The molecule has 21 heavy (non-hydrogen) atoms. The van der Waals surface area contributed by atoms with Crippen molar-refractivity contribution < 1.29 is 9.59 Å². The minimum atomic E-state index is -0.225. The number of hydrogen-bond donors (Lipinski definition) is 2. The highest BCUT2D eigenvalue weighted by Gasteiger charge is 2.20. The van der Waals surface area contributed by atoms with E-state index in [1.54, 1.807) is 4.90 Å². The molecule has 0 aliphatic carbocycles. The van der Waals surface area contributed by atoms with Crippen molar-refractivity contribution >= 4 is 24.2 Å². The third-order valence-corrected chi connectivity index (χ3v) is 3.50. The highest BCUT2D eigenvalue weighted by Crippen LogP contribution is 2.10. The summed E-state index contributed by atoms with van der Waals surface area (Å²) in [5, 5.41) is 2.79. The van der Waals surface area contributed by atoms with E-state index < -0.39 is 0 Å². The van der Waals surface area contributed by atoms with Crippen LogP contribution in [0.2, 0.25) is 0 Å². The van der Waals surface area contributed by atoms with Gasteiger partial charge in [0.15, 0.2) is 0 Å². The Kier molecular flexibility index (Phi) is 7.19. The highest BCUT2D eigenvalue weighted by molar-refractivity contribution is 5.85. The van der Waals surface area contributed by atoms with Crippen LogP contribution >= 0.6 is 12.4 Å². The fraction of sp³-hybridized carbons (Fsp3) is 0.467. The van der Waals surface area contributed by atoms with Crippen molar-refractivity contribution in [1.29, 1.82) is 0 Å². The molecule has 0 radical (unpaired) electrons. The molecule has 1 aliphatic heterocycles. The van der Waals surface area contributed by atoms with Gasteiger partial charge in [0.1, 0.15) is 0 Å². The standard InChI is InChI=1S/C15H21N3O2.ClH/c16-13(12-6-2-1-3-7-12)10-17-14(19)11-18-9-5-4-8-15(18)20;/h1-3,6-7,13H,4-5,8-11,16H2,(H,17,19);1H. The Morgan fingerprint density at radius 3 is 2.67 bits per heavy atom. The number of rotatable bonds is 5. The largest absolute Gasteiger partial charge is 0.353 e. The summed E-state index contributed by atoms with van der Waals surface area (Å²) in [4.78, 5) is 25.1. The van der Waals surface area contributed by atoms with Crippen molar-refractivity contribution in [2.45, 2.75) is 25.3 Å². The minimum Gasteiger partial charge on any atom is -0.353 e. The van der Waals surface area contributed by atoms with Crippen LogP contribution in [0.1, 0.15) is 30.9 Å². The van der Waals surface area contributed by atoms with E-state index in [4.69, 9.17) is 5.73 Å².